The number of amides is 2. The smallest absolute Gasteiger partial charge is 0.278 e. The maximum Gasteiger partial charge on any atom is 0.278 e. The third kappa shape index (κ3) is 3.86. The highest BCUT2D eigenvalue weighted by Gasteiger charge is 2.43. The third-order valence-electron chi connectivity index (χ3n) is 4.94. The number of nitrogens with zero attached hydrogens (tertiary/aromatic N) is 3. The van der Waals surface area contributed by atoms with E-state index in [-0.39, 0.29) is 24.0 Å². The normalized spacial score (nSPS) is 19.1. The van der Waals surface area contributed by atoms with Crippen LogP contribution >= 0.6 is 0 Å². The predicted molar refractivity (Wildman–Crippen MR) is 105 cm³/mol. The van der Waals surface area contributed by atoms with Crippen molar-refractivity contribution in [2.45, 2.75) is 39.8 Å². The first-order valence-corrected chi connectivity index (χ1v) is 9.62. The Morgan fingerprint density at radius 1 is 0.889 bits per heavy atom. The van der Waals surface area contributed by atoms with Crippen molar-refractivity contribution in [3.63, 3.8) is 0 Å². The fraction of sp³-hybridized carbons (Fsp3) is 0.524. The molecule has 0 bridgehead atoms. The lowest BCUT2D eigenvalue weighted by molar-refractivity contribution is -0.139. The number of piperazine rings is 1. The van der Waals surface area contributed by atoms with Gasteiger partial charge < -0.3 is 14.5 Å². The summed E-state index contributed by atoms with van der Waals surface area (Å²) in [7, 11) is 2.07. The van der Waals surface area contributed by atoms with Gasteiger partial charge in [-0.15, -0.1) is 0 Å². The number of hydrogen-bond donors (Lipinski definition) is 0. The minimum Gasteiger partial charge on any atom is -0.491 e. The van der Waals surface area contributed by atoms with Gasteiger partial charge in [0.15, 0.2) is 0 Å². The van der Waals surface area contributed by atoms with Gasteiger partial charge in [0.2, 0.25) is 0 Å². The van der Waals surface area contributed by atoms with Crippen LogP contribution < -0.4 is 4.74 Å². The monoisotopic (exact) mass is 371 g/mol. The molecule has 2 aliphatic rings. The van der Waals surface area contributed by atoms with Crippen molar-refractivity contribution in [2.24, 2.45) is 0 Å². The molecule has 27 heavy (non-hydrogen) atoms. The van der Waals surface area contributed by atoms with E-state index in [0.29, 0.717) is 11.3 Å². The van der Waals surface area contributed by atoms with E-state index in [1.807, 2.05) is 52.0 Å². The Bertz CT molecular complexity index is 744. The lowest BCUT2D eigenvalue weighted by Gasteiger charge is -2.34. The molecule has 0 atom stereocenters. The van der Waals surface area contributed by atoms with Gasteiger partial charge in [0, 0.05) is 32.2 Å². The van der Waals surface area contributed by atoms with Crippen molar-refractivity contribution < 1.29 is 14.3 Å². The van der Waals surface area contributed by atoms with E-state index >= 15 is 0 Å². The molecule has 1 aromatic carbocycles. The van der Waals surface area contributed by atoms with Gasteiger partial charge in [-0.25, -0.2) is 0 Å². The molecule has 0 aromatic heterocycles. The van der Waals surface area contributed by atoms with Crippen molar-refractivity contribution in [1.82, 2.24) is 14.7 Å². The number of rotatable bonds is 5. The zero-order valence-corrected chi connectivity index (χ0v) is 16.9. The predicted octanol–water partition coefficient (Wildman–Crippen LogP) is 2.21. The Hall–Kier alpha value is -2.34. The topological polar surface area (TPSA) is 53.1 Å². The Kier molecular flexibility index (Phi) is 5.56. The second-order valence-electron chi connectivity index (χ2n) is 7.78. The van der Waals surface area contributed by atoms with E-state index in [4.69, 9.17) is 4.74 Å². The first kappa shape index (κ1) is 19.4. The third-order valence-corrected chi connectivity index (χ3v) is 4.94. The summed E-state index contributed by atoms with van der Waals surface area (Å²) < 4.78 is 5.70. The number of carbonyl (C=O) groups excluding carboxylic acids is 2. The van der Waals surface area contributed by atoms with Gasteiger partial charge in [-0.2, -0.15) is 0 Å². The lowest BCUT2D eigenvalue weighted by atomic mass is 10.0. The summed E-state index contributed by atoms with van der Waals surface area (Å²) in [4.78, 5) is 31.9. The first-order valence-electron chi connectivity index (χ1n) is 9.62. The molecule has 146 valence electrons. The Labute approximate surface area is 161 Å². The molecule has 1 saturated heterocycles. The molecule has 2 amide bonds. The lowest BCUT2D eigenvalue weighted by Crippen LogP contribution is -2.46. The molecule has 2 heterocycles. The minimum absolute atomic E-state index is 0.0853. The van der Waals surface area contributed by atoms with Crippen molar-refractivity contribution in [3.05, 3.63) is 35.5 Å². The molecule has 6 nitrogen and oxygen atoms in total. The molecule has 3 rings (SSSR count). The summed E-state index contributed by atoms with van der Waals surface area (Å²) in [6.45, 7) is 10.9. The van der Waals surface area contributed by atoms with Crippen LogP contribution in [0.2, 0.25) is 0 Å². The van der Waals surface area contributed by atoms with Crippen molar-refractivity contribution in [3.8, 4) is 5.75 Å². The van der Waals surface area contributed by atoms with Gasteiger partial charge in [0.1, 0.15) is 11.4 Å². The zero-order valence-electron chi connectivity index (χ0n) is 16.9. The van der Waals surface area contributed by atoms with Gasteiger partial charge in [-0.05, 0) is 52.4 Å². The molecule has 0 N–H and O–H groups in total. The average molecular weight is 371 g/mol. The van der Waals surface area contributed by atoms with Crippen LogP contribution in [0.3, 0.4) is 0 Å². The highest BCUT2D eigenvalue weighted by atomic mass is 16.5. The second-order valence-corrected chi connectivity index (χ2v) is 7.78. The summed E-state index contributed by atoms with van der Waals surface area (Å²) in [5, 5.41) is 0. The standard InChI is InChI=1S/C21H29N3O3/c1-14(2)24-20(25)18(16-6-8-17(9-7-16)27-15(3)4)19(21(24)26)23-12-10-22(5)11-13-23/h6-9,14-15H,10-13H2,1-5H3. The van der Waals surface area contributed by atoms with E-state index < -0.39 is 0 Å². The van der Waals surface area contributed by atoms with E-state index in [1.165, 1.54) is 4.90 Å². The molecule has 0 radical (unpaired) electrons. The molecule has 0 aliphatic carbocycles. The molecule has 1 fully saturated rings. The molecule has 1 aromatic rings. The van der Waals surface area contributed by atoms with E-state index in [1.54, 1.807) is 0 Å². The minimum atomic E-state index is -0.207. The molecule has 2 aliphatic heterocycles. The van der Waals surface area contributed by atoms with Crippen LogP contribution in [0.25, 0.3) is 5.57 Å². The maximum atomic E-state index is 13.1. The van der Waals surface area contributed by atoms with Gasteiger partial charge in [-0.3, -0.25) is 14.5 Å². The van der Waals surface area contributed by atoms with Crippen molar-refractivity contribution >= 4 is 17.4 Å². The van der Waals surface area contributed by atoms with Gasteiger partial charge in [0.05, 0.1) is 11.7 Å². The number of imide groups is 1. The van der Waals surface area contributed by atoms with Crippen LogP contribution in [-0.4, -0.2) is 71.9 Å². The molecule has 0 spiro atoms. The average Bonchev–Trinajstić information content (AvgIpc) is 2.86. The molecular weight excluding hydrogens is 342 g/mol. The quantitative estimate of drug-likeness (QED) is 0.743. The van der Waals surface area contributed by atoms with Crippen LogP contribution in [0.15, 0.2) is 30.0 Å². The fourth-order valence-electron chi connectivity index (χ4n) is 3.56. The van der Waals surface area contributed by atoms with E-state index in [9.17, 15) is 9.59 Å². The molecule has 0 unspecified atom stereocenters. The van der Waals surface area contributed by atoms with Crippen molar-refractivity contribution in [2.75, 3.05) is 33.2 Å². The van der Waals surface area contributed by atoms with Crippen molar-refractivity contribution in [1.29, 1.82) is 0 Å². The number of benzene rings is 1. The van der Waals surface area contributed by atoms with Gasteiger partial charge in [-0.1, -0.05) is 12.1 Å². The largest absolute Gasteiger partial charge is 0.491 e. The molecule has 0 saturated carbocycles. The van der Waals surface area contributed by atoms with Crippen LogP contribution in [0.4, 0.5) is 0 Å². The number of hydrogen-bond acceptors (Lipinski definition) is 5. The SMILES string of the molecule is CC(C)Oc1ccc(C2=C(N3CCN(C)CC3)C(=O)N(C(C)C)C2=O)cc1. The Morgan fingerprint density at radius 2 is 1.48 bits per heavy atom. The van der Waals surface area contributed by atoms with Crippen LogP contribution in [0.1, 0.15) is 33.3 Å². The highest BCUT2D eigenvalue weighted by Crippen LogP contribution is 2.34. The summed E-state index contributed by atoms with van der Waals surface area (Å²) in [6.07, 6.45) is 0.0853. The Balaban J connectivity index is 2.00. The summed E-state index contributed by atoms with van der Waals surface area (Å²) in [5.41, 5.74) is 1.82. The number of likely N-dealkylation sites (N-methyl/N-ethyl adjacent to an activating group) is 1. The number of carbonyl (C=O) groups is 2. The molecular formula is C21H29N3O3. The van der Waals surface area contributed by atoms with Crippen LogP contribution in [0, 0.1) is 0 Å². The summed E-state index contributed by atoms with van der Waals surface area (Å²) in [5.74, 6) is 0.367. The highest BCUT2D eigenvalue weighted by molar-refractivity contribution is 6.35. The Morgan fingerprint density at radius 3 is 2.00 bits per heavy atom. The summed E-state index contributed by atoms with van der Waals surface area (Å²) in [6, 6.07) is 7.30. The van der Waals surface area contributed by atoms with Crippen LogP contribution in [-0.2, 0) is 9.59 Å². The summed E-state index contributed by atoms with van der Waals surface area (Å²) >= 11 is 0. The van der Waals surface area contributed by atoms with Gasteiger partial charge in [0.25, 0.3) is 11.8 Å². The van der Waals surface area contributed by atoms with Crippen LogP contribution in [0.5, 0.6) is 5.75 Å². The number of ether oxygens (including phenoxy) is 1. The molecule has 6 heteroatoms. The second kappa shape index (κ2) is 7.72. The zero-order chi connectivity index (χ0) is 19.7. The van der Waals surface area contributed by atoms with Gasteiger partial charge >= 0.3 is 0 Å². The maximum absolute atomic E-state index is 13.1. The fourth-order valence-corrected chi connectivity index (χ4v) is 3.56. The first-order chi connectivity index (χ1) is 12.8. The van der Waals surface area contributed by atoms with E-state index in [0.717, 1.165) is 37.5 Å². The van der Waals surface area contributed by atoms with E-state index in [2.05, 4.69) is 16.8 Å².